The smallest absolute Gasteiger partial charge is 0.247 e. The molecule has 2 rings (SSSR count). The van der Waals surface area contributed by atoms with Crippen LogP contribution in [0.25, 0.3) is 0 Å². The lowest BCUT2D eigenvalue weighted by atomic mass is 10.0. The maximum atomic E-state index is 13.1. The lowest BCUT2D eigenvalue weighted by Gasteiger charge is -2.23. The van der Waals surface area contributed by atoms with Crippen molar-refractivity contribution in [2.45, 2.75) is 122 Å². The van der Waals surface area contributed by atoms with Crippen LogP contribution in [0.4, 0.5) is 5.69 Å². The SMILES string of the molecule is CCCCCCCCCCCCCCCCN(C(C)=O)C(=O)[C@@H]1CSC(c2ccc(NC(C)=O)cc2)N1. The topological polar surface area (TPSA) is 78.5 Å². The van der Waals surface area contributed by atoms with Crippen molar-refractivity contribution in [2.24, 2.45) is 0 Å². The van der Waals surface area contributed by atoms with Gasteiger partial charge in [0.15, 0.2) is 0 Å². The first-order chi connectivity index (χ1) is 17.9. The van der Waals surface area contributed by atoms with E-state index in [1.807, 2.05) is 24.3 Å². The third-order valence-electron chi connectivity index (χ3n) is 7.00. The molecule has 1 unspecified atom stereocenters. The lowest BCUT2D eigenvalue weighted by molar-refractivity contribution is -0.144. The maximum Gasteiger partial charge on any atom is 0.247 e. The van der Waals surface area contributed by atoms with Gasteiger partial charge in [0.1, 0.15) is 0 Å². The Kier molecular flexibility index (Phi) is 15.6. The van der Waals surface area contributed by atoms with Crippen LogP contribution in [0.15, 0.2) is 24.3 Å². The van der Waals surface area contributed by atoms with Crippen LogP contribution >= 0.6 is 11.8 Å². The van der Waals surface area contributed by atoms with Crippen molar-refractivity contribution in [3.05, 3.63) is 29.8 Å². The van der Waals surface area contributed by atoms with E-state index in [4.69, 9.17) is 0 Å². The van der Waals surface area contributed by atoms with E-state index in [-0.39, 0.29) is 29.1 Å². The molecular weight excluding hydrogens is 482 g/mol. The molecule has 2 N–H and O–H groups in total. The molecule has 3 amide bonds. The predicted octanol–water partition coefficient (Wildman–Crippen LogP) is 7.21. The van der Waals surface area contributed by atoms with Crippen molar-refractivity contribution >= 4 is 35.2 Å². The molecule has 1 saturated heterocycles. The number of hydrogen-bond acceptors (Lipinski definition) is 5. The average Bonchev–Trinajstić information content (AvgIpc) is 3.36. The van der Waals surface area contributed by atoms with E-state index in [2.05, 4.69) is 17.6 Å². The molecule has 1 aliphatic rings. The number of hydrogen-bond donors (Lipinski definition) is 2. The fraction of sp³-hybridized carbons (Fsp3) is 0.700. The summed E-state index contributed by atoms with van der Waals surface area (Å²) < 4.78 is 0. The first kappa shape index (κ1) is 31.4. The highest BCUT2D eigenvalue weighted by molar-refractivity contribution is 7.99. The average molecular weight is 532 g/mol. The second-order valence-corrected chi connectivity index (χ2v) is 11.5. The molecule has 1 heterocycles. The standard InChI is InChI=1S/C30H49N3O3S/c1-4-5-6-7-8-9-10-11-12-13-14-15-16-17-22-33(25(3)35)30(36)28-23-37-29(32-28)26-18-20-27(21-19-26)31-24(2)34/h18-21,28-29,32H,4-17,22-23H2,1-3H3,(H,31,34)/t28-,29?/m0/s1. The Bertz CT molecular complexity index is 815. The molecule has 7 heteroatoms. The number of unbranched alkanes of at least 4 members (excludes halogenated alkanes) is 13. The van der Waals surface area contributed by atoms with Gasteiger partial charge in [0, 0.05) is 31.8 Å². The predicted molar refractivity (Wildman–Crippen MR) is 156 cm³/mol. The number of nitrogens with zero attached hydrogens (tertiary/aromatic N) is 1. The first-order valence-corrected chi connectivity index (χ1v) is 15.5. The fourth-order valence-electron chi connectivity index (χ4n) is 4.83. The van der Waals surface area contributed by atoms with Gasteiger partial charge in [-0.05, 0) is 24.1 Å². The lowest BCUT2D eigenvalue weighted by Crippen LogP contribution is -2.47. The van der Waals surface area contributed by atoms with Crippen molar-refractivity contribution in [3.63, 3.8) is 0 Å². The minimum Gasteiger partial charge on any atom is -0.326 e. The third-order valence-corrected chi connectivity index (χ3v) is 8.26. The van der Waals surface area contributed by atoms with E-state index in [0.29, 0.717) is 12.3 Å². The Morgan fingerprint density at radius 3 is 1.84 bits per heavy atom. The zero-order valence-corrected chi connectivity index (χ0v) is 24.2. The van der Waals surface area contributed by atoms with Crippen molar-refractivity contribution in [3.8, 4) is 0 Å². The maximum absolute atomic E-state index is 13.1. The molecule has 0 aliphatic carbocycles. The van der Waals surface area contributed by atoms with Crippen molar-refractivity contribution in [1.29, 1.82) is 0 Å². The van der Waals surface area contributed by atoms with E-state index in [1.165, 1.54) is 95.8 Å². The summed E-state index contributed by atoms with van der Waals surface area (Å²) in [5.74, 6) is 0.246. The minimum absolute atomic E-state index is 0.00445. The van der Waals surface area contributed by atoms with Crippen LogP contribution in [0, 0.1) is 0 Å². The van der Waals surface area contributed by atoms with Gasteiger partial charge in [-0.25, -0.2) is 0 Å². The molecule has 0 bridgehead atoms. The molecule has 0 spiro atoms. The van der Waals surface area contributed by atoms with Gasteiger partial charge in [0.25, 0.3) is 0 Å². The summed E-state index contributed by atoms with van der Waals surface area (Å²) in [5, 5.41) is 6.15. The minimum atomic E-state index is -0.361. The quantitative estimate of drug-likeness (QED) is 0.196. The van der Waals surface area contributed by atoms with E-state index in [0.717, 1.165) is 24.1 Å². The summed E-state index contributed by atoms with van der Waals surface area (Å²) >= 11 is 1.67. The second-order valence-electron chi connectivity index (χ2n) is 10.3. The highest BCUT2D eigenvalue weighted by atomic mass is 32.2. The number of imide groups is 1. The zero-order valence-electron chi connectivity index (χ0n) is 23.4. The molecule has 6 nitrogen and oxygen atoms in total. The highest BCUT2D eigenvalue weighted by Gasteiger charge is 2.34. The van der Waals surface area contributed by atoms with Crippen LogP contribution in [-0.2, 0) is 14.4 Å². The van der Waals surface area contributed by atoms with Crippen molar-refractivity contribution < 1.29 is 14.4 Å². The molecule has 0 aromatic heterocycles. The number of thioether (sulfide) groups is 1. The van der Waals surface area contributed by atoms with Gasteiger partial charge >= 0.3 is 0 Å². The molecule has 0 saturated carbocycles. The molecule has 1 aliphatic heterocycles. The Labute approximate surface area is 229 Å². The monoisotopic (exact) mass is 531 g/mol. The van der Waals surface area contributed by atoms with Crippen LogP contribution in [0.2, 0.25) is 0 Å². The van der Waals surface area contributed by atoms with Crippen LogP contribution in [-0.4, -0.2) is 41.0 Å². The van der Waals surface area contributed by atoms with E-state index >= 15 is 0 Å². The molecule has 2 atom stereocenters. The number of benzene rings is 1. The first-order valence-electron chi connectivity index (χ1n) is 14.5. The van der Waals surface area contributed by atoms with Crippen LogP contribution in [0.1, 0.15) is 122 Å². The van der Waals surface area contributed by atoms with E-state index in [9.17, 15) is 14.4 Å². The van der Waals surface area contributed by atoms with E-state index < -0.39 is 0 Å². The highest BCUT2D eigenvalue weighted by Crippen LogP contribution is 2.34. The Morgan fingerprint density at radius 1 is 0.838 bits per heavy atom. The van der Waals surface area contributed by atoms with Gasteiger partial charge in [0.2, 0.25) is 17.7 Å². The number of anilines is 1. The van der Waals surface area contributed by atoms with Gasteiger partial charge in [-0.3, -0.25) is 24.6 Å². The van der Waals surface area contributed by atoms with Crippen LogP contribution < -0.4 is 10.6 Å². The third kappa shape index (κ3) is 12.5. The van der Waals surface area contributed by atoms with Crippen LogP contribution in [0.3, 0.4) is 0 Å². The van der Waals surface area contributed by atoms with Crippen molar-refractivity contribution in [1.82, 2.24) is 10.2 Å². The van der Waals surface area contributed by atoms with Gasteiger partial charge in [0.05, 0.1) is 11.4 Å². The summed E-state index contributed by atoms with van der Waals surface area (Å²) in [6.45, 7) is 5.74. The largest absolute Gasteiger partial charge is 0.326 e. The zero-order chi connectivity index (χ0) is 26.9. The molecule has 37 heavy (non-hydrogen) atoms. The van der Waals surface area contributed by atoms with Gasteiger partial charge in [-0.2, -0.15) is 0 Å². The molecule has 208 valence electrons. The normalized spacial score (nSPS) is 17.1. The summed E-state index contributed by atoms with van der Waals surface area (Å²) in [5.41, 5.74) is 1.80. The summed E-state index contributed by atoms with van der Waals surface area (Å²) in [6.07, 6.45) is 18.0. The Hall–Kier alpha value is -1.86. The number of amides is 3. The summed E-state index contributed by atoms with van der Waals surface area (Å²) in [7, 11) is 0. The molecule has 1 aromatic carbocycles. The van der Waals surface area contributed by atoms with E-state index in [1.54, 1.807) is 11.8 Å². The summed E-state index contributed by atoms with van der Waals surface area (Å²) in [4.78, 5) is 37.9. The van der Waals surface area contributed by atoms with Crippen molar-refractivity contribution in [2.75, 3.05) is 17.6 Å². The summed E-state index contributed by atoms with van der Waals surface area (Å²) in [6, 6.07) is 7.29. The number of carbonyl (C=O) groups is 3. The number of rotatable bonds is 18. The number of nitrogens with one attached hydrogen (secondary N) is 2. The molecular formula is C30H49N3O3S. The second kappa shape index (κ2) is 18.4. The van der Waals surface area contributed by atoms with Gasteiger partial charge in [-0.15, -0.1) is 11.8 Å². The van der Waals surface area contributed by atoms with Gasteiger partial charge in [-0.1, -0.05) is 103 Å². The molecule has 1 fully saturated rings. The molecule has 0 radical (unpaired) electrons. The number of carbonyl (C=O) groups excluding carboxylic acids is 3. The fourth-order valence-corrected chi connectivity index (χ4v) is 6.06. The Balaban J connectivity index is 1.60. The van der Waals surface area contributed by atoms with Crippen LogP contribution in [0.5, 0.6) is 0 Å². The van der Waals surface area contributed by atoms with Gasteiger partial charge < -0.3 is 5.32 Å². The molecule has 1 aromatic rings. The Morgan fingerprint density at radius 2 is 1.35 bits per heavy atom.